The Morgan fingerprint density at radius 1 is 1.05 bits per heavy atom. The minimum atomic E-state index is -0.834. The second kappa shape index (κ2) is 22.2. The molecule has 58 heavy (non-hydrogen) atoms. The summed E-state index contributed by atoms with van der Waals surface area (Å²) in [5.74, 6) is -2.21. The molecule has 0 bridgehead atoms. The molecule has 320 valence electrons. The molecule has 2 aromatic heterocycles. The van der Waals surface area contributed by atoms with Crippen molar-refractivity contribution in [3.63, 3.8) is 0 Å². The smallest absolute Gasteiger partial charge is 0.308 e. The van der Waals surface area contributed by atoms with Gasteiger partial charge in [0.25, 0.3) is 5.91 Å². The molecule has 0 radical (unpaired) electrons. The van der Waals surface area contributed by atoms with Gasteiger partial charge < -0.3 is 30.0 Å². The molecule has 13 nitrogen and oxygen atoms in total. The number of nitrogens with one attached hydrogen (secondary N) is 3. The summed E-state index contributed by atoms with van der Waals surface area (Å²) in [4.78, 5) is 78.9. The zero-order chi connectivity index (χ0) is 42.5. The number of carbonyl (C=O) groups is 5. The first kappa shape index (κ1) is 46.4. The lowest BCUT2D eigenvalue weighted by atomic mass is 9.92. The van der Waals surface area contributed by atoms with E-state index in [1.807, 2.05) is 58.2 Å². The highest BCUT2D eigenvalue weighted by Crippen LogP contribution is 2.31. The SMILES string of the molecule is CCCCN1CCCC[C@@H]1C(=O)N[C@H](C(=O)N(C)[C@H](C[C@@H](OC(C)=O)c1nc(C(=O)N[C@@H](Cc2c[nH]c3ccccc23)C[C@H](C)C(=O)OC)cs1)C(C)C)[C@@H](C)CC. The lowest BCUT2D eigenvalue weighted by Crippen LogP contribution is -2.58. The molecule has 3 amide bonds. The third-order valence-corrected chi connectivity index (χ3v) is 12.6. The number of methoxy groups -OCH3 is 1. The molecule has 1 aromatic carbocycles. The van der Waals surface area contributed by atoms with Gasteiger partial charge in [-0.15, -0.1) is 11.3 Å². The molecule has 4 rings (SSSR count). The monoisotopic (exact) mass is 822 g/mol. The molecule has 0 saturated carbocycles. The summed E-state index contributed by atoms with van der Waals surface area (Å²) < 4.78 is 10.8. The van der Waals surface area contributed by atoms with Crippen LogP contribution in [0.3, 0.4) is 0 Å². The van der Waals surface area contributed by atoms with Crippen LogP contribution in [0.2, 0.25) is 0 Å². The second-order valence-electron chi connectivity index (χ2n) is 16.3. The maximum atomic E-state index is 14.4. The Kier molecular flexibility index (Phi) is 17.7. The summed E-state index contributed by atoms with van der Waals surface area (Å²) in [6, 6.07) is 6.12. The number of hydrogen-bond donors (Lipinski definition) is 3. The van der Waals surface area contributed by atoms with E-state index >= 15 is 0 Å². The lowest BCUT2D eigenvalue weighted by molar-refractivity contribution is -0.149. The Balaban J connectivity index is 1.53. The third kappa shape index (κ3) is 12.4. The third-order valence-electron chi connectivity index (χ3n) is 11.6. The Morgan fingerprint density at radius 2 is 1.79 bits per heavy atom. The Bertz CT molecular complexity index is 1830. The highest BCUT2D eigenvalue weighted by molar-refractivity contribution is 7.09. The zero-order valence-electron chi connectivity index (χ0n) is 36.0. The molecule has 3 heterocycles. The second-order valence-corrected chi connectivity index (χ2v) is 17.2. The number of H-pyrrole nitrogens is 1. The van der Waals surface area contributed by atoms with Crippen LogP contribution in [0.5, 0.6) is 0 Å². The molecule has 1 aliphatic heterocycles. The summed E-state index contributed by atoms with van der Waals surface area (Å²) in [6.07, 6.45) is 7.73. The van der Waals surface area contributed by atoms with Gasteiger partial charge in [0, 0.05) is 55.0 Å². The number of likely N-dealkylation sites (N-methyl/N-ethyl adjacent to an activating group) is 1. The van der Waals surface area contributed by atoms with Crippen molar-refractivity contribution in [3.05, 3.63) is 52.1 Å². The van der Waals surface area contributed by atoms with Gasteiger partial charge in [-0.05, 0) is 68.7 Å². The van der Waals surface area contributed by atoms with E-state index in [9.17, 15) is 24.0 Å². The van der Waals surface area contributed by atoms with Crippen LogP contribution in [-0.2, 0) is 35.1 Å². The largest absolute Gasteiger partial charge is 0.469 e. The van der Waals surface area contributed by atoms with Gasteiger partial charge in [-0.3, -0.25) is 28.9 Å². The van der Waals surface area contributed by atoms with Crippen molar-refractivity contribution in [3.8, 4) is 0 Å². The number of benzene rings is 1. The van der Waals surface area contributed by atoms with E-state index in [4.69, 9.17) is 9.47 Å². The molecule has 7 atom stereocenters. The number of ether oxygens (including phenoxy) is 2. The zero-order valence-corrected chi connectivity index (χ0v) is 36.8. The number of unbranched alkanes of at least 4 members (excludes halogenated alkanes) is 1. The van der Waals surface area contributed by atoms with E-state index in [2.05, 4.69) is 32.4 Å². The number of amides is 3. The average molecular weight is 823 g/mol. The summed E-state index contributed by atoms with van der Waals surface area (Å²) in [5.41, 5.74) is 2.14. The number of fused-ring (bicyclic) bond motifs is 1. The van der Waals surface area contributed by atoms with Gasteiger partial charge in [0.2, 0.25) is 11.8 Å². The van der Waals surface area contributed by atoms with Gasteiger partial charge in [0.05, 0.1) is 19.1 Å². The number of esters is 2. The molecular formula is C44H66N6O7S. The Morgan fingerprint density at radius 3 is 2.47 bits per heavy atom. The van der Waals surface area contributed by atoms with Crippen molar-refractivity contribution >= 4 is 51.9 Å². The molecule has 0 spiro atoms. The minimum absolute atomic E-state index is 0.0482. The maximum absolute atomic E-state index is 14.4. The predicted molar refractivity (Wildman–Crippen MR) is 227 cm³/mol. The molecule has 3 N–H and O–H groups in total. The van der Waals surface area contributed by atoms with Gasteiger partial charge in [-0.2, -0.15) is 0 Å². The standard InChI is InChI=1S/C44H66N6O7S/c1-10-12-20-50-21-16-15-19-36(50)41(53)48-39(28(5)11-2)43(54)49(8)37(27(3)4)24-38(57-30(7)51)42-47-35(26-58-42)40(52)46-32(22-29(6)44(55)56-9)23-31-25-45-34-18-14-13-17-33(31)34/h13-14,17-18,25-29,32,36-39,45H,10-12,15-16,19-24H2,1-9H3,(H,46,52)(H,48,53)/t28-,29-,32+,36+,37+,38+,39-/m0/s1. The van der Waals surface area contributed by atoms with Crippen LogP contribution in [0, 0.1) is 17.8 Å². The first-order chi connectivity index (χ1) is 27.7. The first-order valence-corrected chi connectivity index (χ1v) is 21.9. The van der Waals surface area contributed by atoms with Crippen molar-refractivity contribution in [1.82, 2.24) is 30.4 Å². The minimum Gasteiger partial charge on any atom is -0.469 e. The van der Waals surface area contributed by atoms with E-state index in [-0.39, 0.29) is 47.8 Å². The van der Waals surface area contributed by atoms with Crippen molar-refractivity contribution in [2.45, 2.75) is 137 Å². The van der Waals surface area contributed by atoms with Crippen LogP contribution < -0.4 is 10.6 Å². The number of carbonyl (C=O) groups excluding carboxylic acids is 5. The first-order valence-electron chi connectivity index (χ1n) is 21.1. The van der Waals surface area contributed by atoms with Gasteiger partial charge in [0.1, 0.15) is 16.7 Å². The quantitative estimate of drug-likeness (QED) is 0.0979. The Labute approximate surface area is 348 Å². The van der Waals surface area contributed by atoms with Crippen LogP contribution in [0.4, 0.5) is 0 Å². The summed E-state index contributed by atoms with van der Waals surface area (Å²) in [7, 11) is 3.10. The fraction of sp³-hybridized carbons (Fsp3) is 0.636. The van der Waals surface area contributed by atoms with Gasteiger partial charge in [-0.1, -0.05) is 79.0 Å². The number of rotatable bonds is 21. The molecule has 0 unspecified atom stereocenters. The van der Waals surface area contributed by atoms with Crippen LogP contribution in [0.25, 0.3) is 10.9 Å². The van der Waals surface area contributed by atoms with Crippen LogP contribution in [-0.4, -0.2) is 101 Å². The molecule has 14 heteroatoms. The van der Waals surface area contributed by atoms with Crippen molar-refractivity contribution in [2.24, 2.45) is 17.8 Å². The van der Waals surface area contributed by atoms with E-state index in [1.165, 1.54) is 25.4 Å². The van der Waals surface area contributed by atoms with Gasteiger partial charge in [0.15, 0.2) is 6.10 Å². The number of aromatic nitrogens is 2. The van der Waals surface area contributed by atoms with E-state index in [0.29, 0.717) is 24.3 Å². The van der Waals surface area contributed by atoms with Crippen molar-refractivity contribution < 1.29 is 33.4 Å². The van der Waals surface area contributed by atoms with Crippen LogP contribution >= 0.6 is 11.3 Å². The number of thiazole rings is 1. The number of para-hydroxylation sites is 1. The summed E-state index contributed by atoms with van der Waals surface area (Å²) in [5, 5.41) is 9.37. The number of piperidine rings is 1. The normalized spacial score (nSPS) is 17.8. The van der Waals surface area contributed by atoms with E-state index < -0.39 is 42.0 Å². The Hall–Kier alpha value is -4.30. The van der Waals surface area contributed by atoms with E-state index in [0.717, 1.165) is 61.7 Å². The fourth-order valence-electron chi connectivity index (χ4n) is 8.01. The average Bonchev–Trinajstić information content (AvgIpc) is 3.87. The van der Waals surface area contributed by atoms with Crippen molar-refractivity contribution in [2.75, 3.05) is 27.2 Å². The highest BCUT2D eigenvalue weighted by Gasteiger charge is 2.38. The number of likely N-dealkylation sites (tertiary alicyclic amines) is 1. The molecular weight excluding hydrogens is 757 g/mol. The van der Waals surface area contributed by atoms with E-state index in [1.54, 1.807) is 24.3 Å². The number of hydrogen-bond acceptors (Lipinski definition) is 10. The van der Waals surface area contributed by atoms with Gasteiger partial charge in [-0.25, -0.2) is 4.98 Å². The summed E-state index contributed by atoms with van der Waals surface area (Å²) in [6.45, 7) is 15.0. The maximum Gasteiger partial charge on any atom is 0.308 e. The molecule has 3 aromatic rings. The molecule has 0 aliphatic carbocycles. The lowest BCUT2D eigenvalue weighted by Gasteiger charge is -2.39. The van der Waals surface area contributed by atoms with Gasteiger partial charge >= 0.3 is 11.9 Å². The highest BCUT2D eigenvalue weighted by atomic mass is 32.1. The topological polar surface area (TPSA) is 163 Å². The fourth-order valence-corrected chi connectivity index (χ4v) is 8.85. The van der Waals surface area contributed by atoms with Crippen molar-refractivity contribution in [1.29, 1.82) is 0 Å². The number of nitrogens with zero attached hydrogens (tertiary/aromatic N) is 3. The predicted octanol–water partition coefficient (Wildman–Crippen LogP) is 6.83. The van der Waals surface area contributed by atoms with Crippen LogP contribution in [0.15, 0.2) is 35.8 Å². The molecule has 1 aliphatic rings. The molecule has 1 fully saturated rings. The van der Waals surface area contributed by atoms with Crippen LogP contribution in [0.1, 0.15) is 127 Å². The summed E-state index contributed by atoms with van der Waals surface area (Å²) >= 11 is 1.21. The molecule has 1 saturated heterocycles. The number of aromatic amines is 1.